The summed E-state index contributed by atoms with van der Waals surface area (Å²) in [6.07, 6.45) is -4.56. The Bertz CT molecular complexity index is 885. The van der Waals surface area contributed by atoms with E-state index in [4.69, 9.17) is 37.4 Å². The van der Waals surface area contributed by atoms with Crippen LogP contribution in [0.5, 0.6) is 0 Å². The predicted octanol–water partition coefficient (Wildman–Crippen LogP) is 3.82. The van der Waals surface area contributed by atoms with E-state index in [-0.39, 0.29) is 11.1 Å². The molecule has 1 heterocycles. The van der Waals surface area contributed by atoms with Crippen LogP contribution in [0.15, 0.2) is 48.5 Å². The maximum atomic E-state index is 14.9. The quantitative estimate of drug-likeness (QED) is 0.708. The normalized spacial score (nSPS) is 26.2. The Morgan fingerprint density at radius 2 is 1.52 bits per heavy atom. The molecule has 1 N–H and O–H groups in total. The zero-order valence-corrected chi connectivity index (χ0v) is 16.7. The predicted molar refractivity (Wildman–Crippen MR) is 103 cm³/mol. The van der Waals surface area contributed by atoms with Gasteiger partial charge in [-0.25, -0.2) is 14.0 Å². The number of carbonyl (C=O) groups is 2. The van der Waals surface area contributed by atoms with Crippen molar-refractivity contribution in [3.8, 4) is 0 Å². The van der Waals surface area contributed by atoms with Crippen LogP contribution in [0.4, 0.5) is 4.39 Å². The van der Waals surface area contributed by atoms with Gasteiger partial charge in [0.1, 0.15) is 12.7 Å². The molecule has 1 saturated heterocycles. The van der Waals surface area contributed by atoms with E-state index in [1.807, 2.05) is 0 Å². The van der Waals surface area contributed by atoms with Crippen LogP contribution in [0.3, 0.4) is 0 Å². The van der Waals surface area contributed by atoms with Crippen LogP contribution < -0.4 is 0 Å². The molecule has 2 aromatic carbocycles. The fraction of sp³-hybridized carbons (Fsp3) is 0.300. The third kappa shape index (κ3) is 4.87. The van der Waals surface area contributed by atoms with E-state index in [2.05, 4.69) is 0 Å². The number of alkyl halides is 1. The van der Waals surface area contributed by atoms with Gasteiger partial charge in [0.25, 0.3) is 0 Å². The molecule has 6 nitrogen and oxygen atoms in total. The van der Waals surface area contributed by atoms with Crippen molar-refractivity contribution in [2.24, 2.45) is 0 Å². The lowest BCUT2D eigenvalue weighted by molar-refractivity contribution is -0.144. The van der Waals surface area contributed by atoms with Crippen LogP contribution in [-0.2, 0) is 14.2 Å². The minimum Gasteiger partial charge on any atom is -0.459 e. The number of hydrogen-bond donors (Lipinski definition) is 1. The molecule has 0 saturated carbocycles. The first kappa shape index (κ1) is 21.5. The lowest BCUT2D eigenvalue weighted by atomic mass is 9.99. The van der Waals surface area contributed by atoms with Crippen molar-refractivity contribution >= 4 is 35.1 Å². The molecule has 1 fully saturated rings. The number of esters is 2. The third-order valence-corrected chi connectivity index (χ3v) is 4.96. The minimum absolute atomic E-state index is 0.142. The highest BCUT2D eigenvalue weighted by Gasteiger charge is 2.57. The first-order chi connectivity index (χ1) is 13.7. The van der Waals surface area contributed by atoms with Crippen molar-refractivity contribution in [3.63, 3.8) is 0 Å². The van der Waals surface area contributed by atoms with Gasteiger partial charge in [-0.15, -0.1) is 0 Å². The molecule has 0 amide bonds. The molecular weight excluding hydrogens is 426 g/mol. The number of carbonyl (C=O) groups excluding carboxylic acids is 2. The summed E-state index contributed by atoms with van der Waals surface area (Å²) in [6, 6.07) is 11.8. The molecule has 154 valence electrons. The Morgan fingerprint density at radius 1 is 1.03 bits per heavy atom. The highest BCUT2D eigenvalue weighted by molar-refractivity contribution is 6.30. The zero-order valence-electron chi connectivity index (χ0n) is 15.2. The van der Waals surface area contributed by atoms with E-state index in [9.17, 15) is 19.1 Å². The molecule has 0 aromatic heterocycles. The summed E-state index contributed by atoms with van der Waals surface area (Å²) in [4.78, 5) is 24.5. The van der Waals surface area contributed by atoms with Crippen LogP contribution in [0.2, 0.25) is 10.0 Å². The van der Waals surface area contributed by atoms with E-state index in [0.29, 0.717) is 10.0 Å². The highest BCUT2D eigenvalue weighted by Crippen LogP contribution is 2.36. The van der Waals surface area contributed by atoms with E-state index in [1.165, 1.54) is 48.5 Å². The number of ether oxygens (including phenoxy) is 3. The Morgan fingerprint density at radius 3 is 2.03 bits per heavy atom. The Labute approximate surface area is 176 Å². The monoisotopic (exact) mass is 442 g/mol. The second-order valence-corrected chi connectivity index (χ2v) is 7.49. The molecule has 29 heavy (non-hydrogen) atoms. The van der Waals surface area contributed by atoms with E-state index in [0.717, 1.165) is 6.92 Å². The molecule has 1 aliphatic heterocycles. The average molecular weight is 443 g/mol. The standard InChI is InChI=1S/C20H17Cl2FO6/c1-20(23)16(29-18(25)12-4-8-14(22)9-5-12)15(28-19(20)26)10-27-17(24)11-2-6-13(21)7-3-11/h2-9,15-16,19,26H,10H2,1H3/t15-,16-,19-,20-/m1/s1. The summed E-state index contributed by atoms with van der Waals surface area (Å²) >= 11 is 11.6. The van der Waals surface area contributed by atoms with Gasteiger partial charge in [-0.1, -0.05) is 23.2 Å². The number of hydrogen-bond acceptors (Lipinski definition) is 6. The highest BCUT2D eigenvalue weighted by atomic mass is 35.5. The smallest absolute Gasteiger partial charge is 0.338 e. The van der Waals surface area contributed by atoms with Gasteiger partial charge in [-0.3, -0.25) is 0 Å². The third-order valence-electron chi connectivity index (χ3n) is 4.45. The Balaban J connectivity index is 1.69. The Hall–Kier alpha value is -2.19. The van der Waals surface area contributed by atoms with E-state index in [1.54, 1.807) is 0 Å². The molecule has 0 aliphatic carbocycles. The topological polar surface area (TPSA) is 82.1 Å². The van der Waals surface area contributed by atoms with Gasteiger partial charge < -0.3 is 19.3 Å². The van der Waals surface area contributed by atoms with Gasteiger partial charge in [0.15, 0.2) is 18.1 Å². The maximum Gasteiger partial charge on any atom is 0.338 e. The largest absolute Gasteiger partial charge is 0.459 e. The lowest BCUT2D eigenvalue weighted by Gasteiger charge is -2.25. The maximum absolute atomic E-state index is 14.9. The number of aliphatic hydroxyl groups excluding tert-OH is 1. The number of halogens is 3. The van der Waals surface area contributed by atoms with Gasteiger partial charge in [-0.2, -0.15) is 0 Å². The molecule has 0 bridgehead atoms. The van der Waals surface area contributed by atoms with Crippen molar-refractivity contribution in [1.29, 1.82) is 0 Å². The van der Waals surface area contributed by atoms with Crippen molar-refractivity contribution in [3.05, 3.63) is 69.7 Å². The molecule has 0 spiro atoms. The summed E-state index contributed by atoms with van der Waals surface area (Å²) < 4.78 is 30.4. The minimum atomic E-state index is -2.40. The second kappa shape index (κ2) is 8.67. The number of benzene rings is 2. The van der Waals surface area contributed by atoms with Crippen LogP contribution in [0, 0.1) is 0 Å². The van der Waals surface area contributed by atoms with Gasteiger partial charge >= 0.3 is 11.9 Å². The van der Waals surface area contributed by atoms with Gasteiger partial charge in [-0.05, 0) is 55.5 Å². The number of rotatable bonds is 5. The first-order valence-electron chi connectivity index (χ1n) is 8.60. The molecule has 4 atom stereocenters. The van der Waals surface area contributed by atoms with Gasteiger partial charge in [0.05, 0.1) is 11.1 Å². The fourth-order valence-corrected chi connectivity index (χ4v) is 3.04. The molecule has 2 aromatic rings. The summed E-state index contributed by atoms with van der Waals surface area (Å²) in [7, 11) is 0. The molecular formula is C20H17Cl2FO6. The number of aliphatic hydroxyl groups is 1. The van der Waals surface area contributed by atoms with E-state index < -0.39 is 42.7 Å². The van der Waals surface area contributed by atoms with Crippen molar-refractivity contribution in [2.75, 3.05) is 6.61 Å². The van der Waals surface area contributed by atoms with Crippen molar-refractivity contribution in [2.45, 2.75) is 31.1 Å². The van der Waals surface area contributed by atoms with Crippen LogP contribution in [-0.4, -0.2) is 47.8 Å². The Kier molecular flexibility index (Phi) is 6.43. The molecule has 0 radical (unpaired) electrons. The molecule has 3 rings (SSSR count). The fourth-order valence-electron chi connectivity index (χ4n) is 2.79. The van der Waals surface area contributed by atoms with Crippen LogP contribution in [0.1, 0.15) is 27.6 Å². The van der Waals surface area contributed by atoms with E-state index >= 15 is 0 Å². The van der Waals surface area contributed by atoms with Gasteiger partial charge in [0.2, 0.25) is 0 Å². The summed E-state index contributed by atoms with van der Waals surface area (Å²) in [6.45, 7) is 0.606. The average Bonchev–Trinajstić information content (AvgIpc) is 2.90. The molecule has 1 aliphatic rings. The summed E-state index contributed by atoms with van der Waals surface area (Å²) in [5, 5.41) is 10.7. The first-order valence-corrected chi connectivity index (χ1v) is 9.36. The lowest BCUT2D eigenvalue weighted by Crippen LogP contribution is -2.45. The van der Waals surface area contributed by atoms with Crippen molar-refractivity contribution in [1.82, 2.24) is 0 Å². The summed E-state index contributed by atoms with van der Waals surface area (Å²) in [5.41, 5.74) is -2.03. The van der Waals surface area contributed by atoms with Crippen LogP contribution >= 0.6 is 23.2 Å². The van der Waals surface area contributed by atoms with Crippen LogP contribution in [0.25, 0.3) is 0 Å². The van der Waals surface area contributed by atoms with Gasteiger partial charge in [0, 0.05) is 10.0 Å². The van der Waals surface area contributed by atoms with Crippen molar-refractivity contribution < 1.29 is 33.3 Å². The molecule has 9 heteroatoms. The zero-order chi connectivity index (χ0) is 21.2. The summed E-state index contributed by atoms with van der Waals surface area (Å²) in [5.74, 6) is -1.53. The second-order valence-electron chi connectivity index (χ2n) is 6.62. The SMILES string of the molecule is C[C@]1(F)[C@H](O)O[C@H](COC(=O)c2ccc(Cl)cc2)[C@H]1OC(=O)c1ccc(Cl)cc1. The molecule has 0 unspecified atom stereocenters.